The van der Waals surface area contributed by atoms with Crippen LogP contribution in [-0.4, -0.2) is 29.8 Å². The van der Waals surface area contributed by atoms with E-state index in [0.29, 0.717) is 5.56 Å². The first kappa shape index (κ1) is 20.5. The minimum Gasteiger partial charge on any atom is -0.339 e. The molecule has 0 radical (unpaired) electrons. The highest BCUT2D eigenvalue weighted by molar-refractivity contribution is 5.99. The summed E-state index contributed by atoms with van der Waals surface area (Å²) in [6.45, 7) is 7.88. The zero-order chi connectivity index (χ0) is 18.9. The summed E-state index contributed by atoms with van der Waals surface area (Å²) in [5.74, 6) is 0.213. The second-order valence-corrected chi connectivity index (χ2v) is 7.42. The van der Waals surface area contributed by atoms with Crippen molar-refractivity contribution in [1.29, 1.82) is 0 Å². The maximum absolute atomic E-state index is 12.7. The molecule has 144 valence electrons. The van der Waals surface area contributed by atoms with Gasteiger partial charge in [0.1, 0.15) is 0 Å². The number of carbonyl (C=O) groups excluding carboxylic acids is 2. The monoisotopic (exact) mass is 358 g/mol. The number of benzene rings is 1. The molecule has 2 rings (SSSR count). The zero-order valence-electron chi connectivity index (χ0n) is 16.6. The van der Waals surface area contributed by atoms with Crippen LogP contribution in [0.2, 0.25) is 0 Å². The first-order chi connectivity index (χ1) is 12.6. The van der Waals surface area contributed by atoms with Gasteiger partial charge in [-0.25, -0.2) is 0 Å². The molecule has 0 spiro atoms. The molecule has 0 aliphatic carbocycles. The number of nitrogens with zero attached hydrogens (tertiary/aromatic N) is 1. The number of anilines is 1. The van der Waals surface area contributed by atoms with Gasteiger partial charge in [0.15, 0.2) is 0 Å². The highest BCUT2D eigenvalue weighted by atomic mass is 16.2. The van der Waals surface area contributed by atoms with Gasteiger partial charge in [0.2, 0.25) is 5.91 Å². The number of hydrogen-bond acceptors (Lipinski definition) is 2. The van der Waals surface area contributed by atoms with E-state index >= 15 is 0 Å². The zero-order valence-corrected chi connectivity index (χ0v) is 16.6. The molecule has 1 unspecified atom stereocenters. The summed E-state index contributed by atoms with van der Waals surface area (Å²) in [7, 11) is 0. The van der Waals surface area contributed by atoms with E-state index in [-0.39, 0.29) is 17.7 Å². The Morgan fingerprint density at radius 1 is 1.12 bits per heavy atom. The summed E-state index contributed by atoms with van der Waals surface area (Å²) in [5.41, 5.74) is 2.35. The Morgan fingerprint density at radius 3 is 2.50 bits per heavy atom. The van der Waals surface area contributed by atoms with Crippen molar-refractivity contribution in [3.8, 4) is 0 Å². The van der Waals surface area contributed by atoms with E-state index in [2.05, 4.69) is 19.2 Å². The maximum atomic E-state index is 12.7. The Hall–Kier alpha value is -1.84. The van der Waals surface area contributed by atoms with Gasteiger partial charge in [-0.15, -0.1) is 0 Å². The van der Waals surface area contributed by atoms with Gasteiger partial charge in [-0.2, -0.15) is 0 Å². The van der Waals surface area contributed by atoms with Crippen LogP contribution in [0, 0.1) is 12.8 Å². The molecule has 1 aromatic carbocycles. The molecule has 4 nitrogen and oxygen atoms in total. The lowest BCUT2D eigenvalue weighted by atomic mass is 9.96. The fourth-order valence-electron chi connectivity index (χ4n) is 3.67. The third-order valence-corrected chi connectivity index (χ3v) is 5.49. The molecule has 0 saturated carbocycles. The van der Waals surface area contributed by atoms with Gasteiger partial charge in [-0.05, 0) is 50.3 Å². The predicted molar refractivity (Wildman–Crippen MR) is 107 cm³/mol. The number of likely N-dealkylation sites (tertiary alicyclic amines) is 1. The van der Waals surface area contributed by atoms with Gasteiger partial charge in [-0.3, -0.25) is 9.59 Å². The number of hydrogen-bond donors (Lipinski definition) is 1. The van der Waals surface area contributed by atoms with Crippen molar-refractivity contribution in [2.75, 3.05) is 18.4 Å². The second kappa shape index (κ2) is 10.3. The molecule has 1 heterocycles. The van der Waals surface area contributed by atoms with Crippen molar-refractivity contribution in [3.05, 3.63) is 29.3 Å². The highest BCUT2D eigenvalue weighted by Crippen LogP contribution is 2.24. The molecule has 1 N–H and O–H groups in total. The van der Waals surface area contributed by atoms with Gasteiger partial charge in [-0.1, -0.05) is 45.6 Å². The van der Waals surface area contributed by atoms with E-state index in [0.717, 1.165) is 56.4 Å². The molecule has 2 amide bonds. The summed E-state index contributed by atoms with van der Waals surface area (Å²) in [5, 5.41) is 3.08. The number of nitrogens with one attached hydrogen (secondary N) is 1. The van der Waals surface area contributed by atoms with Crippen molar-refractivity contribution < 1.29 is 9.59 Å². The van der Waals surface area contributed by atoms with E-state index in [1.807, 2.05) is 30.0 Å². The van der Waals surface area contributed by atoms with Crippen molar-refractivity contribution in [2.24, 2.45) is 5.92 Å². The lowest BCUT2D eigenvalue weighted by Gasteiger charge is -2.20. The van der Waals surface area contributed by atoms with Crippen molar-refractivity contribution >= 4 is 17.5 Å². The first-order valence-electron chi connectivity index (χ1n) is 10.3. The van der Waals surface area contributed by atoms with Crippen LogP contribution in [-0.2, 0) is 4.79 Å². The summed E-state index contributed by atoms with van der Waals surface area (Å²) in [4.78, 5) is 27.3. The van der Waals surface area contributed by atoms with Crippen molar-refractivity contribution in [1.82, 2.24) is 4.90 Å². The first-order valence-corrected chi connectivity index (χ1v) is 10.3. The smallest absolute Gasteiger partial charge is 0.254 e. The molecule has 1 aliphatic rings. The highest BCUT2D eigenvalue weighted by Gasteiger charge is 2.23. The van der Waals surface area contributed by atoms with Gasteiger partial charge >= 0.3 is 0 Å². The van der Waals surface area contributed by atoms with E-state index < -0.39 is 0 Å². The van der Waals surface area contributed by atoms with E-state index in [9.17, 15) is 9.59 Å². The minimum absolute atomic E-state index is 0.0456. The lowest BCUT2D eigenvalue weighted by molar-refractivity contribution is -0.120. The Labute approximate surface area is 158 Å². The van der Waals surface area contributed by atoms with Gasteiger partial charge in [0.05, 0.1) is 0 Å². The molecule has 1 fully saturated rings. The molecular formula is C22H34N2O2. The summed E-state index contributed by atoms with van der Waals surface area (Å²) >= 11 is 0. The normalized spacial score (nSPS) is 15.1. The van der Waals surface area contributed by atoms with Crippen LogP contribution in [0.5, 0.6) is 0 Å². The number of amides is 2. The Kier molecular flexibility index (Phi) is 8.14. The molecule has 4 heteroatoms. The SMILES string of the molecule is CCCCCCC(CC)C(=O)Nc1cccc(C(=O)N2CCCC2)c1C. The number of carbonyl (C=O) groups is 2. The molecule has 1 atom stereocenters. The molecule has 0 bridgehead atoms. The molecular weight excluding hydrogens is 324 g/mol. The van der Waals surface area contributed by atoms with Crippen molar-refractivity contribution in [2.45, 2.75) is 72.1 Å². The average Bonchev–Trinajstić information content (AvgIpc) is 3.17. The fraction of sp³-hybridized carbons (Fsp3) is 0.636. The van der Waals surface area contributed by atoms with E-state index in [4.69, 9.17) is 0 Å². The standard InChI is InChI=1S/C22H34N2O2/c1-4-6-7-8-12-18(5-2)21(25)23-20-14-11-13-19(17(20)3)22(26)24-15-9-10-16-24/h11,13-14,18H,4-10,12,15-16H2,1-3H3,(H,23,25). The van der Waals surface area contributed by atoms with E-state index in [1.54, 1.807) is 0 Å². The molecule has 26 heavy (non-hydrogen) atoms. The largest absolute Gasteiger partial charge is 0.339 e. The quantitative estimate of drug-likeness (QED) is 0.619. The molecule has 0 aromatic heterocycles. The third-order valence-electron chi connectivity index (χ3n) is 5.49. The van der Waals surface area contributed by atoms with E-state index in [1.165, 1.54) is 19.3 Å². The summed E-state index contributed by atoms with van der Waals surface area (Å²) in [6.07, 6.45) is 8.69. The van der Waals surface area contributed by atoms with Gasteiger partial charge in [0, 0.05) is 30.3 Å². The van der Waals surface area contributed by atoms with Crippen LogP contribution in [0.1, 0.15) is 81.1 Å². The molecule has 1 aromatic rings. The van der Waals surface area contributed by atoms with Crippen LogP contribution in [0.15, 0.2) is 18.2 Å². The fourth-order valence-corrected chi connectivity index (χ4v) is 3.67. The van der Waals surface area contributed by atoms with Crippen molar-refractivity contribution in [3.63, 3.8) is 0 Å². The Balaban J connectivity index is 2.02. The van der Waals surface area contributed by atoms with Gasteiger partial charge in [0.25, 0.3) is 5.91 Å². The van der Waals surface area contributed by atoms with Crippen LogP contribution in [0.4, 0.5) is 5.69 Å². The van der Waals surface area contributed by atoms with Gasteiger partial charge < -0.3 is 10.2 Å². The summed E-state index contributed by atoms with van der Waals surface area (Å²) < 4.78 is 0. The van der Waals surface area contributed by atoms with Crippen LogP contribution >= 0.6 is 0 Å². The molecule has 1 saturated heterocycles. The second-order valence-electron chi connectivity index (χ2n) is 7.42. The lowest BCUT2D eigenvalue weighted by Crippen LogP contribution is -2.29. The average molecular weight is 359 g/mol. The Bertz CT molecular complexity index is 606. The summed E-state index contributed by atoms with van der Waals surface area (Å²) in [6, 6.07) is 5.64. The minimum atomic E-state index is 0.0456. The predicted octanol–water partition coefficient (Wildman–Crippen LogP) is 5.17. The van der Waals surface area contributed by atoms with Crippen LogP contribution in [0.25, 0.3) is 0 Å². The maximum Gasteiger partial charge on any atom is 0.254 e. The number of rotatable bonds is 9. The van der Waals surface area contributed by atoms with Crippen LogP contribution in [0.3, 0.4) is 0 Å². The Morgan fingerprint density at radius 2 is 1.85 bits per heavy atom. The topological polar surface area (TPSA) is 49.4 Å². The molecule has 1 aliphatic heterocycles. The third kappa shape index (κ3) is 5.33. The number of unbranched alkanes of at least 4 members (excludes halogenated alkanes) is 3. The van der Waals surface area contributed by atoms with Crippen LogP contribution < -0.4 is 5.32 Å².